The van der Waals surface area contributed by atoms with Gasteiger partial charge in [0.05, 0.1) is 0 Å². The minimum atomic E-state index is 0.0890. The largest absolute Gasteiger partial charge is 0.352 e. The van der Waals surface area contributed by atoms with Crippen molar-refractivity contribution in [2.75, 3.05) is 0 Å². The van der Waals surface area contributed by atoms with Crippen LogP contribution in [0.2, 0.25) is 0 Å². The van der Waals surface area contributed by atoms with Crippen LogP contribution in [0, 0.1) is 6.92 Å². The molecule has 2 nitrogen and oxygen atoms in total. The van der Waals surface area contributed by atoms with Crippen molar-refractivity contribution in [1.82, 2.24) is 5.32 Å². The van der Waals surface area contributed by atoms with E-state index in [1.807, 2.05) is 0 Å². The van der Waals surface area contributed by atoms with Crippen LogP contribution in [0.4, 0.5) is 0 Å². The molecule has 2 atom stereocenters. The summed E-state index contributed by atoms with van der Waals surface area (Å²) in [6.45, 7) is 4.49. The highest BCUT2D eigenvalue weighted by molar-refractivity contribution is 5.78. The van der Waals surface area contributed by atoms with Crippen molar-refractivity contribution in [2.24, 2.45) is 0 Å². The fourth-order valence-electron chi connectivity index (χ4n) is 4.41. The summed E-state index contributed by atoms with van der Waals surface area (Å²) >= 11 is 0. The molecule has 0 radical (unpaired) electrons. The van der Waals surface area contributed by atoms with Gasteiger partial charge in [-0.3, -0.25) is 4.79 Å². The Morgan fingerprint density at radius 2 is 1.96 bits per heavy atom. The average Bonchev–Trinajstić information content (AvgIpc) is 2.56. The minimum Gasteiger partial charge on any atom is -0.352 e. The monoisotopic (exact) mass is 305 g/mol. The summed E-state index contributed by atoms with van der Waals surface area (Å²) in [5, 5.41) is 3.22. The number of hydrogen-bond acceptors (Lipinski definition) is 1. The lowest BCUT2D eigenvalue weighted by Gasteiger charge is -2.46. The zero-order valence-electron chi connectivity index (χ0n) is 13.9. The van der Waals surface area contributed by atoms with Crippen LogP contribution >= 0.6 is 0 Å². The average molecular weight is 305 g/mol. The number of hydrogen-bond donors (Lipinski definition) is 1. The van der Waals surface area contributed by atoms with Crippen LogP contribution in [0.15, 0.2) is 42.5 Å². The third-order valence-electron chi connectivity index (χ3n) is 5.85. The van der Waals surface area contributed by atoms with Crippen LogP contribution in [0.3, 0.4) is 0 Å². The van der Waals surface area contributed by atoms with Gasteiger partial charge in [-0.15, -0.1) is 0 Å². The summed E-state index contributed by atoms with van der Waals surface area (Å²) in [5.74, 6) is 0.215. The number of amides is 1. The molecule has 2 aliphatic rings. The normalized spacial score (nSPS) is 26.2. The van der Waals surface area contributed by atoms with Gasteiger partial charge in [-0.2, -0.15) is 0 Å². The van der Waals surface area contributed by atoms with Crippen molar-refractivity contribution in [3.05, 3.63) is 59.2 Å². The van der Waals surface area contributed by atoms with Gasteiger partial charge in [0, 0.05) is 17.9 Å². The Bertz CT molecular complexity index is 779. The van der Waals surface area contributed by atoms with Crippen LogP contribution in [0.5, 0.6) is 0 Å². The second-order valence-corrected chi connectivity index (χ2v) is 7.26. The smallest absolute Gasteiger partial charge is 0.220 e. The predicted octanol–water partition coefficient (Wildman–Crippen LogP) is 4.14. The lowest BCUT2D eigenvalue weighted by atomic mass is 9.64. The van der Waals surface area contributed by atoms with E-state index < -0.39 is 0 Å². The topological polar surface area (TPSA) is 29.1 Å². The molecule has 0 aromatic heterocycles. The van der Waals surface area contributed by atoms with Gasteiger partial charge < -0.3 is 5.32 Å². The van der Waals surface area contributed by atoms with Gasteiger partial charge in [-0.25, -0.2) is 0 Å². The van der Waals surface area contributed by atoms with E-state index in [0.29, 0.717) is 12.5 Å². The number of piperidine rings is 1. The molecule has 23 heavy (non-hydrogen) atoms. The van der Waals surface area contributed by atoms with E-state index in [1.54, 1.807) is 0 Å². The number of fused-ring (bicyclic) bond motifs is 3. The molecule has 1 aliphatic carbocycles. The summed E-state index contributed by atoms with van der Waals surface area (Å²) in [7, 11) is 0. The standard InChI is InChI=1S/C21H23NO/c1-14-5-3-4-6-17(14)15-7-9-18-16(13-15)8-10-19-21(18,2)12-11-20(23)22-19/h3-7,9,13,19H,8,10-12H2,1-2H3,(H,22,23)/t19?,21-/m1/s1. The van der Waals surface area contributed by atoms with E-state index in [2.05, 4.69) is 61.6 Å². The Balaban J connectivity index is 1.77. The molecule has 1 amide bonds. The van der Waals surface area contributed by atoms with Crippen LogP contribution in [-0.4, -0.2) is 11.9 Å². The molecule has 0 saturated carbocycles. The highest BCUT2D eigenvalue weighted by Crippen LogP contribution is 2.43. The van der Waals surface area contributed by atoms with Crippen molar-refractivity contribution in [1.29, 1.82) is 0 Å². The van der Waals surface area contributed by atoms with Gasteiger partial charge in [0.15, 0.2) is 0 Å². The summed E-state index contributed by atoms with van der Waals surface area (Å²) in [6, 6.07) is 15.8. The molecule has 1 unspecified atom stereocenters. The highest BCUT2D eigenvalue weighted by Gasteiger charge is 2.43. The first-order valence-corrected chi connectivity index (χ1v) is 8.57. The second-order valence-electron chi connectivity index (χ2n) is 7.26. The van der Waals surface area contributed by atoms with Crippen molar-refractivity contribution in [3.63, 3.8) is 0 Å². The first-order valence-electron chi connectivity index (χ1n) is 8.57. The van der Waals surface area contributed by atoms with Crippen molar-refractivity contribution >= 4 is 5.91 Å². The lowest BCUT2D eigenvalue weighted by molar-refractivity contribution is -0.125. The molecule has 1 saturated heterocycles. The van der Waals surface area contributed by atoms with Gasteiger partial charge in [-0.1, -0.05) is 49.4 Å². The van der Waals surface area contributed by atoms with Gasteiger partial charge in [0.2, 0.25) is 5.91 Å². The molecule has 1 fully saturated rings. The van der Waals surface area contributed by atoms with E-state index in [1.165, 1.54) is 27.8 Å². The number of carbonyl (C=O) groups excluding carboxylic acids is 1. The Morgan fingerprint density at radius 3 is 2.78 bits per heavy atom. The van der Waals surface area contributed by atoms with Crippen LogP contribution in [0.25, 0.3) is 11.1 Å². The molecule has 118 valence electrons. The second kappa shape index (κ2) is 5.23. The Hall–Kier alpha value is -2.09. The Kier molecular flexibility index (Phi) is 3.29. The van der Waals surface area contributed by atoms with Gasteiger partial charge in [-0.05, 0) is 54.0 Å². The molecule has 0 spiro atoms. The first kappa shape index (κ1) is 14.5. The van der Waals surface area contributed by atoms with E-state index in [-0.39, 0.29) is 11.3 Å². The molecule has 4 rings (SSSR count). The minimum absolute atomic E-state index is 0.0890. The van der Waals surface area contributed by atoms with Crippen LogP contribution in [0.1, 0.15) is 42.9 Å². The molecule has 1 heterocycles. The van der Waals surface area contributed by atoms with E-state index in [4.69, 9.17) is 0 Å². The molecule has 2 heteroatoms. The number of aryl methyl sites for hydroxylation is 2. The maximum absolute atomic E-state index is 11.7. The number of rotatable bonds is 1. The summed E-state index contributed by atoms with van der Waals surface area (Å²) in [6.07, 6.45) is 3.70. The zero-order chi connectivity index (χ0) is 16.0. The molecular weight excluding hydrogens is 282 g/mol. The fraction of sp³-hybridized carbons (Fsp3) is 0.381. The predicted molar refractivity (Wildman–Crippen MR) is 93.5 cm³/mol. The molecule has 2 aromatic rings. The zero-order valence-corrected chi connectivity index (χ0v) is 13.9. The first-order chi connectivity index (χ1) is 11.1. The molecule has 1 aliphatic heterocycles. The molecule has 1 N–H and O–H groups in total. The maximum Gasteiger partial charge on any atom is 0.220 e. The van der Waals surface area contributed by atoms with Crippen molar-refractivity contribution < 1.29 is 4.79 Å². The third kappa shape index (κ3) is 2.28. The SMILES string of the molecule is Cc1ccccc1-c1ccc2c(c1)CCC1NC(=O)CC[C@]21C. The number of benzene rings is 2. The van der Waals surface area contributed by atoms with E-state index in [9.17, 15) is 4.79 Å². The van der Waals surface area contributed by atoms with Gasteiger partial charge in [0.25, 0.3) is 0 Å². The quantitative estimate of drug-likeness (QED) is 0.842. The molecular formula is C21H23NO. The Labute approximate surface area is 137 Å². The maximum atomic E-state index is 11.7. The van der Waals surface area contributed by atoms with Crippen molar-refractivity contribution in [3.8, 4) is 11.1 Å². The van der Waals surface area contributed by atoms with Gasteiger partial charge in [0.1, 0.15) is 0 Å². The van der Waals surface area contributed by atoms with Gasteiger partial charge >= 0.3 is 0 Å². The fourth-order valence-corrected chi connectivity index (χ4v) is 4.41. The summed E-state index contributed by atoms with van der Waals surface area (Å²) < 4.78 is 0. The third-order valence-corrected chi connectivity index (χ3v) is 5.85. The number of nitrogens with one attached hydrogen (secondary N) is 1. The van der Waals surface area contributed by atoms with E-state index >= 15 is 0 Å². The molecule has 0 bridgehead atoms. The van der Waals surface area contributed by atoms with Crippen LogP contribution in [-0.2, 0) is 16.6 Å². The Morgan fingerprint density at radius 1 is 1.13 bits per heavy atom. The highest BCUT2D eigenvalue weighted by atomic mass is 16.1. The van der Waals surface area contributed by atoms with E-state index in [0.717, 1.165) is 19.3 Å². The van der Waals surface area contributed by atoms with Crippen molar-refractivity contribution in [2.45, 2.75) is 51.0 Å². The summed E-state index contributed by atoms with van der Waals surface area (Å²) in [4.78, 5) is 11.7. The molecule has 2 aromatic carbocycles. The lowest BCUT2D eigenvalue weighted by Crippen LogP contribution is -2.55. The number of carbonyl (C=O) groups is 1. The summed E-state index contributed by atoms with van der Waals surface area (Å²) in [5.41, 5.74) is 6.93. The van der Waals surface area contributed by atoms with Crippen LogP contribution < -0.4 is 5.32 Å².